The Morgan fingerprint density at radius 2 is 1.97 bits per heavy atom. The number of thioether (sulfide) groups is 1. The zero-order valence-corrected chi connectivity index (χ0v) is 18.2. The predicted molar refractivity (Wildman–Crippen MR) is 111 cm³/mol. The largest absolute Gasteiger partial charge is 0.485 e. The van der Waals surface area contributed by atoms with Crippen LogP contribution in [0.1, 0.15) is 51.0 Å². The molecule has 1 N–H and O–H groups in total. The summed E-state index contributed by atoms with van der Waals surface area (Å²) in [5.41, 5.74) is 1.87. The van der Waals surface area contributed by atoms with Gasteiger partial charge in [0.2, 0.25) is 6.10 Å². The van der Waals surface area contributed by atoms with Gasteiger partial charge in [0, 0.05) is 5.69 Å². The molecule has 1 aliphatic rings. The number of esters is 1. The van der Waals surface area contributed by atoms with Crippen LogP contribution in [0.2, 0.25) is 0 Å². The summed E-state index contributed by atoms with van der Waals surface area (Å²) < 4.78 is 22.1. The number of fused-ring (bicyclic) bond motifs is 1. The van der Waals surface area contributed by atoms with Gasteiger partial charge in [-0.3, -0.25) is 4.79 Å². The fraction of sp³-hybridized carbons (Fsp3) is 0.333. The third kappa shape index (κ3) is 4.02. The highest BCUT2D eigenvalue weighted by Gasteiger charge is 2.30. The first-order chi connectivity index (χ1) is 14.9. The van der Waals surface area contributed by atoms with E-state index in [1.807, 2.05) is 18.2 Å². The fourth-order valence-corrected chi connectivity index (χ4v) is 4.10. The smallest absolute Gasteiger partial charge is 0.339 e. The van der Waals surface area contributed by atoms with Gasteiger partial charge in [0.1, 0.15) is 6.61 Å². The molecule has 3 heterocycles. The zero-order chi connectivity index (χ0) is 22.1. The number of hydrogen-bond donors (Lipinski definition) is 1. The lowest BCUT2D eigenvalue weighted by molar-refractivity contribution is 0.0599. The molecule has 0 radical (unpaired) electrons. The van der Waals surface area contributed by atoms with Crippen molar-refractivity contribution in [3.63, 3.8) is 0 Å². The Morgan fingerprint density at radius 3 is 2.71 bits per heavy atom. The Bertz CT molecular complexity index is 1140. The number of aromatic amines is 1. The van der Waals surface area contributed by atoms with Crippen molar-refractivity contribution >= 4 is 23.5 Å². The average Bonchev–Trinajstić information content (AvgIpc) is 3.36. The maximum absolute atomic E-state index is 13.0. The summed E-state index contributed by atoms with van der Waals surface area (Å²) >= 11 is 1.13. The predicted octanol–water partition coefficient (Wildman–Crippen LogP) is 3.68. The molecule has 0 saturated heterocycles. The van der Waals surface area contributed by atoms with E-state index >= 15 is 0 Å². The first kappa shape index (κ1) is 21.0. The normalized spacial score (nSPS) is 16.1. The number of carbonyl (C=O) groups is 2. The Balaban J connectivity index is 1.46. The lowest BCUT2D eigenvalue weighted by atomic mass is 10.1. The van der Waals surface area contributed by atoms with Gasteiger partial charge in [0.05, 0.1) is 23.6 Å². The van der Waals surface area contributed by atoms with Crippen LogP contribution in [0, 0.1) is 13.8 Å². The zero-order valence-electron chi connectivity index (χ0n) is 17.4. The Kier molecular flexibility index (Phi) is 5.73. The van der Waals surface area contributed by atoms with E-state index in [2.05, 4.69) is 15.2 Å². The standard InChI is InChI=1S/C21H21N3O6S/c1-10-16(20(26)27-4)11(2)22-17(10)18(25)12(3)31-21-24-23-19(30-21)15-9-28-13-7-5-6-8-14(13)29-15/h5-8,12,15,22H,9H2,1-4H3/t12-,15+/m1/s1. The number of ketones is 1. The number of para-hydroxylation sites is 2. The monoisotopic (exact) mass is 443 g/mol. The average molecular weight is 443 g/mol. The van der Waals surface area contributed by atoms with Gasteiger partial charge in [-0.2, -0.15) is 0 Å². The number of carbonyl (C=O) groups excluding carboxylic acids is 2. The quantitative estimate of drug-likeness (QED) is 0.346. The van der Waals surface area contributed by atoms with Gasteiger partial charge in [-0.05, 0) is 38.5 Å². The number of nitrogens with zero attached hydrogens (tertiary/aromatic N) is 2. The summed E-state index contributed by atoms with van der Waals surface area (Å²) in [6, 6.07) is 7.34. The number of benzene rings is 1. The van der Waals surface area contributed by atoms with Crippen LogP contribution in [-0.4, -0.2) is 45.9 Å². The summed E-state index contributed by atoms with van der Waals surface area (Å²) in [4.78, 5) is 27.9. The molecule has 0 fully saturated rings. The topological polar surface area (TPSA) is 117 Å². The van der Waals surface area contributed by atoms with Gasteiger partial charge in [0.25, 0.3) is 11.1 Å². The van der Waals surface area contributed by atoms with Crippen LogP contribution < -0.4 is 9.47 Å². The first-order valence-corrected chi connectivity index (χ1v) is 10.5. The second-order valence-electron chi connectivity index (χ2n) is 7.01. The Hall–Kier alpha value is -3.27. The van der Waals surface area contributed by atoms with Crippen LogP contribution in [-0.2, 0) is 4.74 Å². The third-order valence-electron chi connectivity index (χ3n) is 4.93. The minimum absolute atomic E-state index is 0.188. The number of nitrogens with one attached hydrogen (secondary N) is 1. The summed E-state index contributed by atoms with van der Waals surface area (Å²) in [5, 5.41) is 7.78. The highest BCUT2D eigenvalue weighted by molar-refractivity contribution is 8.00. The molecule has 0 saturated carbocycles. The molecule has 0 unspecified atom stereocenters. The van der Waals surface area contributed by atoms with Gasteiger partial charge >= 0.3 is 5.97 Å². The van der Waals surface area contributed by atoms with Crippen LogP contribution >= 0.6 is 11.8 Å². The molecule has 162 valence electrons. The van der Waals surface area contributed by atoms with Crippen LogP contribution in [0.3, 0.4) is 0 Å². The minimum Gasteiger partial charge on any atom is -0.485 e. The van der Waals surface area contributed by atoms with Gasteiger partial charge in [0.15, 0.2) is 17.3 Å². The molecule has 1 aliphatic heterocycles. The van der Waals surface area contributed by atoms with Crippen LogP contribution in [0.25, 0.3) is 0 Å². The van der Waals surface area contributed by atoms with E-state index < -0.39 is 17.3 Å². The van der Waals surface area contributed by atoms with Crippen LogP contribution in [0.5, 0.6) is 11.5 Å². The number of rotatable bonds is 6. The molecule has 2 aromatic heterocycles. The number of aromatic nitrogens is 3. The lowest BCUT2D eigenvalue weighted by Crippen LogP contribution is -2.21. The van der Waals surface area contributed by atoms with Crippen molar-refractivity contribution in [3.8, 4) is 11.5 Å². The molecular weight excluding hydrogens is 422 g/mol. The van der Waals surface area contributed by atoms with E-state index in [9.17, 15) is 9.59 Å². The van der Waals surface area contributed by atoms with E-state index in [4.69, 9.17) is 18.6 Å². The second kappa shape index (κ2) is 8.46. The van der Waals surface area contributed by atoms with Gasteiger partial charge in [-0.25, -0.2) is 4.79 Å². The van der Waals surface area contributed by atoms with Crippen molar-refractivity contribution in [1.29, 1.82) is 0 Å². The molecule has 0 aliphatic carbocycles. The highest BCUT2D eigenvalue weighted by atomic mass is 32.2. The minimum atomic E-state index is -0.529. The van der Waals surface area contributed by atoms with Crippen molar-refractivity contribution in [1.82, 2.24) is 15.2 Å². The van der Waals surface area contributed by atoms with Crippen molar-refractivity contribution in [3.05, 3.63) is 52.7 Å². The number of Topliss-reactive ketones (excluding diaryl/α,β-unsaturated/α-hetero) is 1. The van der Waals surface area contributed by atoms with Gasteiger partial charge in [-0.15, -0.1) is 10.2 Å². The van der Waals surface area contributed by atoms with E-state index in [-0.39, 0.29) is 23.5 Å². The summed E-state index contributed by atoms with van der Waals surface area (Å²) in [5.74, 6) is 0.871. The maximum Gasteiger partial charge on any atom is 0.339 e. The van der Waals surface area contributed by atoms with Crippen molar-refractivity contribution in [2.24, 2.45) is 0 Å². The molecule has 0 spiro atoms. The van der Waals surface area contributed by atoms with E-state index in [1.54, 1.807) is 26.8 Å². The van der Waals surface area contributed by atoms with E-state index in [0.717, 1.165) is 11.8 Å². The molecule has 1 aromatic carbocycles. The van der Waals surface area contributed by atoms with E-state index in [1.165, 1.54) is 7.11 Å². The number of ether oxygens (including phenoxy) is 3. The van der Waals surface area contributed by atoms with Crippen molar-refractivity contribution in [2.75, 3.05) is 13.7 Å². The molecule has 0 amide bonds. The summed E-state index contributed by atoms with van der Waals surface area (Å²) in [6.07, 6.45) is -0.529. The van der Waals surface area contributed by atoms with E-state index in [0.29, 0.717) is 34.0 Å². The Labute approximate surface area is 182 Å². The fourth-order valence-electron chi connectivity index (χ4n) is 3.35. The number of aryl methyl sites for hydroxylation is 1. The Morgan fingerprint density at radius 1 is 1.23 bits per heavy atom. The molecule has 10 heteroatoms. The number of methoxy groups -OCH3 is 1. The third-order valence-corrected chi connectivity index (χ3v) is 5.86. The lowest BCUT2D eigenvalue weighted by Gasteiger charge is -2.23. The molecule has 31 heavy (non-hydrogen) atoms. The maximum atomic E-state index is 13.0. The van der Waals surface area contributed by atoms with Gasteiger partial charge in [-0.1, -0.05) is 23.9 Å². The van der Waals surface area contributed by atoms with Crippen molar-refractivity contribution in [2.45, 2.75) is 37.3 Å². The summed E-state index contributed by atoms with van der Waals surface area (Å²) in [7, 11) is 1.31. The van der Waals surface area contributed by atoms with Gasteiger partial charge < -0.3 is 23.6 Å². The molecule has 9 nitrogen and oxygen atoms in total. The molecule has 4 rings (SSSR count). The number of hydrogen-bond acceptors (Lipinski definition) is 9. The highest BCUT2D eigenvalue weighted by Crippen LogP contribution is 2.36. The van der Waals surface area contributed by atoms with Crippen LogP contribution in [0.4, 0.5) is 0 Å². The van der Waals surface area contributed by atoms with Crippen molar-refractivity contribution < 1.29 is 28.2 Å². The number of H-pyrrole nitrogens is 1. The second-order valence-corrected chi connectivity index (χ2v) is 8.30. The molecule has 2 atom stereocenters. The molecular formula is C21H21N3O6S. The molecule has 3 aromatic rings. The van der Waals surface area contributed by atoms with Crippen LogP contribution in [0.15, 0.2) is 33.9 Å². The summed E-state index contributed by atoms with van der Waals surface area (Å²) in [6.45, 7) is 5.42. The SMILES string of the molecule is COC(=O)c1c(C)[nH]c(C(=O)[C@@H](C)Sc2nnc([C@@H]3COc4ccccc4O3)o2)c1C. The molecule has 0 bridgehead atoms. The first-order valence-electron chi connectivity index (χ1n) is 9.59.